The monoisotopic (exact) mass is 787 g/mol. The van der Waals surface area contributed by atoms with Gasteiger partial charge in [-0.3, -0.25) is 0 Å². The molecule has 1 aromatic heterocycles. The smallest absolute Gasteiger partial charge is 0.0582 e. The van der Waals surface area contributed by atoms with Crippen LogP contribution in [0.25, 0.3) is 115 Å². The summed E-state index contributed by atoms with van der Waals surface area (Å²) in [6.45, 7) is 4.83. The highest BCUT2D eigenvalue weighted by molar-refractivity contribution is 6.25. The summed E-state index contributed by atoms with van der Waals surface area (Å²) in [5.41, 5.74) is 16.3. The van der Waals surface area contributed by atoms with Crippen LogP contribution in [0, 0.1) is 0 Å². The molecule has 290 valence electrons. The van der Waals surface area contributed by atoms with E-state index in [0.29, 0.717) is 0 Å². The summed E-state index contributed by atoms with van der Waals surface area (Å²) in [6, 6.07) is 79.2. The normalized spacial score (nSPS) is 13.1. The molecule has 13 rings (SSSR count). The van der Waals surface area contributed by atoms with Crippen molar-refractivity contribution in [2.45, 2.75) is 19.3 Å². The fourth-order valence-corrected chi connectivity index (χ4v) is 11.2. The maximum absolute atomic E-state index is 2.55. The Hall–Kier alpha value is -7.74. The number of nitrogens with zero attached hydrogens (tertiary/aromatic N) is 1. The lowest BCUT2D eigenvalue weighted by molar-refractivity contribution is 0.630. The van der Waals surface area contributed by atoms with Gasteiger partial charge < -0.3 is 4.57 Å². The van der Waals surface area contributed by atoms with Crippen LogP contribution >= 0.6 is 0 Å². The zero-order valence-electron chi connectivity index (χ0n) is 34.7. The highest BCUT2D eigenvalue weighted by atomic mass is 15.0. The van der Waals surface area contributed by atoms with Crippen molar-refractivity contribution < 1.29 is 0 Å². The fraction of sp³-hybridized carbons (Fsp3) is 0.0492. The van der Waals surface area contributed by atoms with E-state index in [-0.39, 0.29) is 5.41 Å². The van der Waals surface area contributed by atoms with Crippen LogP contribution in [0.1, 0.15) is 25.0 Å². The van der Waals surface area contributed by atoms with Crippen molar-refractivity contribution in [3.63, 3.8) is 0 Å². The molecule has 0 saturated heterocycles. The Labute approximate surface area is 360 Å². The Morgan fingerprint density at radius 2 is 0.677 bits per heavy atom. The van der Waals surface area contributed by atoms with Gasteiger partial charge in [-0.15, -0.1) is 0 Å². The summed E-state index contributed by atoms with van der Waals surface area (Å²) in [6.07, 6.45) is 0. The third-order valence-corrected chi connectivity index (χ3v) is 13.9. The molecule has 1 aliphatic heterocycles. The van der Waals surface area contributed by atoms with E-state index in [1.54, 1.807) is 0 Å². The van der Waals surface area contributed by atoms with Crippen LogP contribution in [-0.4, -0.2) is 4.57 Å². The molecule has 12 aromatic rings. The van der Waals surface area contributed by atoms with Crippen molar-refractivity contribution in [3.05, 3.63) is 223 Å². The average Bonchev–Trinajstić information content (AvgIpc) is 3.65. The molecule has 0 atom stereocenters. The number of hydrogen-bond acceptors (Lipinski definition) is 0. The second-order valence-electron chi connectivity index (χ2n) is 17.5. The van der Waals surface area contributed by atoms with Gasteiger partial charge in [0, 0.05) is 16.2 Å². The van der Waals surface area contributed by atoms with Gasteiger partial charge in [-0.2, -0.15) is 0 Å². The fourth-order valence-electron chi connectivity index (χ4n) is 11.2. The molecular formula is C61H41N. The topological polar surface area (TPSA) is 4.93 Å². The Morgan fingerprint density at radius 1 is 0.290 bits per heavy atom. The van der Waals surface area contributed by atoms with Crippen molar-refractivity contribution in [3.8, 4) is 50.2 Å². The summed E-state index contributed by atoms with van der Waals surface area (Å²) in [5, 5.41) is 12.7. The van der Waals surface area contributed by atoms with E-state index in [9.17, 15) is 0 Å². The lowest BCUT2D eigenvalue weighted by Gasteiger charge is -2.35. The third kappa shape index (κ3) is 4.85. The Kier molecular flexibility index (Phi) is 7.42. The second kappa shape index (κ2) is 13.1. The predicted octanol–water partition coefficient (Wildman–Crippen LogP) is 16.7. The Morgan fingerprint density at radius 3 is 1.16 bits per heavy atom. The first-order chi connectivity index (χ1) is 30.6. The van der Waals surface area contributed by atoms with Crippen LogP contribution in [0.5, 0.6) is 0 Å². The van der Waals surface area contributed by atoms with Crippen molar-refractivity contribution in [1.82, 2.24) is 4.57 Å². The molecule has 0 aliphatic carbocycles. The zero-order valence-corrected chi connectivity index (χ0v) is 34.7. The van der Waals surface area contributed by atoms with E-state index >= 15 is 0 Å². The molecule has 0 unspecified atom stereocenters. The number of benzene rings is 11. The number of aromatic nitrogens is 1. The van der Waals surface area contributed by atoms with Gasteiger partial charge in [0.2, 0.25) is 0 Å². The van der Waals surface area contributed by atoms with Gasteiger partial charge in [0.1, 0.15) is 0 Å². The first-order valence-electron chi connectivity index (χ1n) is 21.8. The minimum absolute atomic E-state index is 0.243. The molecule has 0 fully saturated rings. The van der Waals surface area contributed by atoms with Crippen molar-refractivity contribution in [2.24, 2.45) is 0 Å². The maximum Gasteiger partial charge on any atom is 0.0582 e. The van der Waals surface area contributed by atoms with Crippen LogP contribution in [0.15, 0.2) is 212 Å². The van der Waals surface area contributed by atoms with E-state index in [4.69, 9.17) is 0 Å². The zero-order chi connectivity index (χ0) is 41.1. The van der Waals surface area contributed by atoms with Gasteiger partial charge in [-0.25, -0.2) is 0 Å². The number of rotatable bonds is 4. The molecule has 11 aromatic carbocycles. The molecule has 0 bridgehead atoms. The lowest BCUT2D eigenvalue weighted by atomic mass is 9.73. The molecule has 0 saturated carbocycles. The molecule has 2 heterocycles. The van der Waals surface area contributed by atoms with E-state index in [0.717, 1.165) is 0 Å². The molecule has 62 heavy (non-hydrogen) atoms. The summed E-state index contributed by atoms with van der Waals surface area (Å²) < 4.78 is 2.55. The maximum atomic E-state index is 2.55. The van der Waals surface area contributed by atoms with Crippen LogP contribution < -0.4 is 0 Å². The highest BCUT2D eigenvalue weighted by Gasteiger charge is 2.36. The minimum Gasteiger partial charge on any atom is -0.309 e. The van der Waals surface area contributed by atoms with Crippen LogP contribution in [0.3, 0.4) is 0 Å². The van der Waals surface area contributed by atoms with Crippen molar-refractivity contribution in [2.75, 3.05) is 0 Å². The first kappa shape index (κ1) is 35.1. The average molecular weight is 788 g/mol. The molecule has 1 heteroatoms. The predicted molar refractivity (Wildman–Crippen MR) is 265 cm³/mol. The standard InChI is InChI=1S/C61H41N/c1-61(2)52-31-17-18-32-55(52)62-54-34-33-40(58-46-27-13-9-23-42(46)56(38-19-5-3-6-20-38)43-24-10-14-28-47(43)58)35-50(54)51-36-41(37-53(61)60(51)62)59-48-29-15-11-25-44(48)57(39-21-7-4-8-22-39)45-26-12-16-30-49(45)59/h3-37H,1-2H3. The van der Waals surface area contributed by atoms with E-state index in [2.05, 4.69) is 231 Å². The minimum atomic E-state index is -0.243. The van der Waals surface area contributed by atoms with Crippen LogP contribution in [0.4, 0.5) is 0 Å². The molecular weight excluding hydrogens is 747 g/mol. The highest BCUT2D eigenvalue weighted by Crippen LogP contribution is 2.52. The number of para-hydroxylation sites is 1. The van der Waals surface area contributed by atoms with Gasteiger partial charge in [0.15, 0.2) is 0 Å². The van der Waals surface area contributed by atoms with Crippen LogP contribution in [0.2, 0.25) is 0 Å². The molecule has 0 radical (unpaired) electrons. The molecule has 0 amide bonds. The summed E-state index contributed by atoms with van der Waals surface area (Å²) in [7, 11) is 0. The first-order valence-corrected chi connectivity index (χ1v) is 21.8. The Bertz CT molecular complexity index is 3700. The van der Waals surface area contributed by atoms with E-state index < -0.39 is 0 Å². The third-order valence-electron chi connectivity index (χ3n) is 13.9. The Balaban J connectivity index is 1.16. The van der Waals surface area contributed by atoms with Crippen molar-refractivity contribution in [1.29, 1.82) is 0 Å². The molecule has 0 N–H and O–H groups in total. The summed E-state index contributed by atoms with van der Waals surface area (Å²) in [4.78, 5) is 0. The SMILES string of the molecule is CC1(C)c2ccccc2-n2c3ccc(-c4c5ccccc5c(-c5ccccc5)c5ccccc45)cc3c3cc(-c4c5ccccc5c(-c5ccccc5)c5ccccc45)cc1c32. The molecule has 1 aliphatic rings. The molecule has 0 spiro atoms. The summed E-state index contributed by atoms with van der Waals surface area (Å²) >= 11 is 0. The van der Waals surface area contributed by atoms with Gasteiger partial charge in [0.05, 0.1) is 16.7 Å². The van der Waals surface area contributed by atoms with Crippen LogP contribution in [-0.2, 0) is 5.41 Å². The van der Waals surface area contributed by atoms with Gasteiger partial charge >= 0.3 is 0 Å². The summed E-state index contributed by atoms with van der Waals surface area (Å²) in [5.74, 6) is 0. The van der Waals surface area contributed by atoms with Gasteiger partial charge in [-0.1, -0.05) is 196 Å². The van der Waals surface area contributed by atoms with Gasteiger partial charge in [-0.05, 0) is 129 Å². The van der Waals surface area contributed by atoms with E-state index in [1.165, 1.54) is 126 Å². The molecule has 1 nitrogen and oxygen atoms in total. The lowest BCUT2D eigenvalue weighted by Crippen LogP contribution is -2.26. The second-order valence-corrected chi connectivity index (χ2v) is 17.5. The number of hydrogen-bond donors (Lipinski definition) is 0. The number of fused-ring (bicyclic) bond motifs is 9. The van der Waals surface area contributed by atoms with Crippen molar-refractivity contribution >= 4 is 64.9 Å². The van der Waals surface area contributed by atoms with E-state index in [1.807, 2.05) is 0 Å². The van der Waals surface area contributed by atoms with Gasteiger partial charge in [0.25, 0.3) is 0 Å². The quantitative estimate of drug-likeness (QED) is 0.157. The largest absolute Gasteiger partial charge is 0.309 e.